The van der Waals surface area contributed by atoms with Crippen molar-refractivity contribution in [3.05, 3.63) is 42.0 Å². The van der Waals surface area contributed by atoms with E-state index in [9.17, 15) is 9.18 Å². The summed E-state index contributed by atoms with van der Waals surface area (Å²) in [5.41, 5.74) is 1.08. The number of hydrogen-bond acceptors (Lipinski definition) is 2. The van der Waals surface area contributed by atoms with Gasteiger partial charge >= 0.3 is 5.97 Å². The zero-order chi connectivity index (χ0) is 11.7. The molecular weight excluding hydrogens is 211 g/mol. The largest absolute Gasteiger partial charge is 0.476 e. The monoisotopic (exact) mass is 220 g/mol. The molecule has 0 bridgehead atoms. The van der Waals surface area contributed by atoms with Crippen molar-refractivity contribution >= 4 is 5.97 Å². The molecule has 0 saturated carbocycles. The molecule has 82 valence electrons. The van der Waals surface area contributed by atoms with E-state index in [1.165, 1.54) is 28.9 Å². The van der Waals surface area contributed by atoms with E-state index in [4.69, 9.17) is 5.11 Å². The summed E-state index contributed by atoms with van der Waals surface area (Å²) in [5, 5.41) is 12.8. The SMILES string of the molecule is Cn1cc(-c2ccc(F)cc2)c(C(=O)O)n1. The molecule has 0 amide bonds. The van der Waals surface area contributed by atoms with E-state index in [2.05, 4.69) is 5.10 Å². The molecular formula is C11H9FN2O2. The Labute approximate surface area is 90.9 Å². The molecule has 0 fully saturated rings. The Morgan fingerprint density at radius 3 is 2.56 bits per heavy atom. The average Bonchev–Trinajstić information content (AvgIpc) is 2.61. The van der Waals surface area contributed by atoms with E-state index < -0.39 is 5.97 Å². The molecule has 16 heavy (non-hydrogen) atoms. The summed E-state index contributed by atoms with van der Waals surface area (Å²) in [6, 6.07) is 5.62. The van der Waals surface area contributed by atoms with Crippen molar-refractivity contribution in [3.8, 4) is 11.1 Å². The van der Waals surface area contributed by atoms with Gasteiger partial charge in [0.25, 0.3) is 0 Å². The number of carboxylic acid groups (broad SMARTS) is 1. The molecule has 4 nitrogen and oxygen atoms in total. The number of halogens is 1. The van der Waals surface area contributed by atoms with Gasteiger partial charge in [0.2, 0.25) is 0 Å². The maximum absolute atomic E-state index is 12.7. The number of aromatic carboxylic acids is 1. The number of aryl methyl sites for hydroxylation is 1. The lowest BCUT2D eigenvalue weighted by atomic mass is 10.1. The second-order valence-corrected chi connectivity index (χ2v) is 3.38. The van der Waals surface area contributed by atoms with Crippen LogP contribution in [-0.2, 0) is 7.05 Å². The van der Waals surface area contributed by atoms with Crippen molar-refractivity contribution in [2.24, 2.45) is 7.05 Å². The molecule has 0 aliphatic heterocycles. The summed E-state index contributed by atoms with van der Waals surface area (Å²) in [6.07, 6.45) is 1.59. The lowest BCUT2D eigenvalue weighted by Gasteiger charge is -1.98. The number of aromatic nitrogens is 2. The molecule has 0 saturated heterocycles. The standard InChI is InChI=1S/C11H9FN2O2/c1-14-6-9(10(13-14)11(15)16)7-2-4-8(12)5-3-7/h2-6H,1H3,(H,15,16). The molecule has 1 N–H and O–H groups in total. The summed E-state index contributed by atoms with van der Waals surface area (Å²) in [7, 11) is 1.64. The highest BCUT2D eigenvalue weighted by molar-refractivity contribution is 5.93. The van der Waals surface area contributed by atoms with Gasteiger partial charge < -0.3 is 5.11 Å². The van der Waals surface area contributed by atoms with Gasteiger partial charge in [-0.05, 0) is 17.7 Å². The molecule has 0 aliphatic carbocycles. The fourth-order valence-electron chi connectivity index (χ4n) is 1.49. The minimum atomic E-state index is -1.10. The van der Waals surface area contributed by atoms with Crippen LogP contribution in [0.1, 0.15) is 10.5 Å². The zero-order valence-corrected chi connectivity index (χ0v) is 8.51. The van der Waals surface area contributed by atoms with Crippen molar-refractivity contribution in [1.29, 1.82) is 0 Å². The number of benzene rings is 1. The second kappa shape index (κ2) is 3.77. The Morgan fingerprint density at radius 1 is 1.38 bits per heavy atom. The van der Waals surface area contributed by atoms with Crippen LogP contribution >= 0.6 is 0 Å². The van der Waals surface area contributed by atoms with Crippen LogP contribution in [-0.4, -0.2) is 20.9 Å². The molecule has 0 radical (unpaired) electrons. The zero-order valence-electron chi connectivity index (χ0n) is 8.51. The first-order chi connectivity index (χ1) is 7.58. The normalized spacial score (nSPS) is 10.4. The van der Waals surface area contributed by atoms with Gasteiger partial charge in [0, 0.05) is 18.8 Å². The van der Waals surface area contributed by atoms with E-state index in [0.717, 1.165) is 0 Å². The topological polar surface area (TPSA) is 55.1 Å². The van der Waals surface area contributed by atoms with Crippen molar-refractivity contribution in [1.82, 2.24) is 9.78 Å². The highest BCUT2D eigenvalue weighted by atomic mass is 19.1. The molecule has 0 atom stereocenters. The predicted octanol–water partition coefficient (Wildman–Crippen LogP) is 1.92. The van der Waals surface area contributed by atoms with E-state index in [1.54, 1.807) is 13.2 Å². The molecule has 0 unspecified atom stereocenters. The Balaban J connectivity index is 2.55. The molecule has 2 aromatic rings. The number of rotatable bonds is 2. The second-order valence-electron chi connectivity index (χ2n) is 3.38. The Bertz CT molecular complexity index is 531. The van der Waals surface area contributed by atoms with Gasteiger partial charge in [-0.1, -0.05) is 12.1 Å². The smallest absolute Gasteiger partial charge is 0.357 e. The van der Waals surface area contributed by atoms with Gasteiger partial charge in [-0.25, -0.2) is 9.18 Å². The van der Waals surface area contributed by atoms with Crippen LogP contribution in [0.2, 0.25) is 0 Å². The summed E-state index contributed by atoms with van der Waals surface area (Å²) < 4.78 is 14.1. The first-order valence-electron chi connectivity index (χ1n) is 4.61. The quantitative estimate of drug-likeness (QED) is 0.841. The van der Waals surface area contributed by atoms with Crippen LogP contribution < -0.4 is 0 Å². The van der Waals surface area contributed by atoms with Crippen LogP contribution in [0.5, 0.6) is 0 Å². The highest BCUT2D eigenvalue weighted by Gasteiger charge is 2.15. The first-order valence-corrected chi connectivity index (χ1v) is 4.61. The van der Waals surface area contributed by atoms with Gasteiger partial charge in [0.1, 0.15) is 5.82 Å². The number of carbonyl (C=O) groups is 1. The molecule has 1 aromatic carbocycles. The third kappa shape index (κ3) is 1.79. The van der Waals surface area contributed by atoms with Crippen LogP contribution in [0.25, 0.3) is 11.1 Å². The molecule has 0 spiro atoms. The average molecular weight is 220 g/mol. The van der Waals surface area contributed by atoms with E-state index in [0.29, 0.717) is 11.1 Å². The third-order valence-electron chi connectivity index (χ3n) is 2.19. The summed E-state index contributed by atoms with van der Waals surface area (Å²) in [5.74, 6) is -1.45. The van der Waals surface area contributed by atoms with Gasteiger partial charge in [-0.3, -0.25) is 4.68 Å². The van der Waals surface area contributed by atoms with Gasteiger partial charge in [-0.2, -0.15) is 5.10 Å². The van der Waals surface area contributed by atoms with Crippen LogP contribution in [0.3, 0.4) is 0 Å². The van der Waals surface area contributed by atoms with Gasteiger partial charge in [-0.15, -0.1) is 0 Å². The summed E-state index contributed by atoms with van der Waals surface area (Å²) in [4.78, 5) is 10.9. The Hall–Kier alpha value is -2.17. The maximum atomic E-state index is 12.7. The fraction of sp³-hybridized carbons (Fsp3) is 0.0909. The van der Waals surface area contributed by atoms with Crippen molar-refractivity contribution in [2.75, 3.05) is 0 Å². The van der Waals surface area contributed by atoms with E-state index in [-0.39, 0.29) is 11.5 Å². The molecule has 1 heterocycles. The van der Waals surface area contributed by atoms with Crippen LogP contribution in [0.4, 0.5) is 4.39 Å². The van der Waals surface area contributed by atoms with Crippen molar-refractivity contribution in [3.63, 3.8) is 0 Å². The minimum Gasteiger partial charge on any atom is -0.476 e. The lowest BCUT2D eigenvalue weighted by Crippen LogP contribution is -2.00. The number of hydrogen-bond donors (Lipinski definition) is 1. The van der Waals surface area contributed by atoms with Crippen molar-refractivity contribution in [2.45, 2.75) is 0 Å². The summed E-state index contributed by atoms with van der Waals surface area (Å²) in [6.45, 7) is 0. The lowest BCUT2D eigenvalue weighted by molar-refractivity contribution is 0.0690. The fourth-order valence-corrected chi connectivity index (χ4v) is 1.49. The minimum absolute atomic E-state index is 0.0332. The Kier molecular flexibility index (Phi) is 2.44. The summed E-state index contributed by atoms with van der Waals surface area (Å²) >= 11 is 0. The van der Waals surface area contributed by atoms with E-state index >= 15 is 0 Å². The maximum Gasteiger partial charge on any atom is 0.357 e. The van der Waals surface area contributed by atoms with Gasteiger partial charge in [0.15, 0.2) is 5.69 Å². The number of carboxylic acids is 1. The van der Waals surface area contributed by atoms with Crippen LogP contribution in [0, 0.1) is 5.82 Å². The van der Waals surface area contributed by atoms with Crippen LogP contribution in [0.15, 0.2) is 30.5 Å². The highest BCUT2D eigenvalue weighted by Crippen LogP contribution is 2.22. The molecule has 2 rings (SSSR count). The van der Waals surface area contributed by atoms with E-state index in [1.807, 2.05) is 0 Å². The van der Waals surface area contributed by atoms with Gasteiger partial charge in [0.05, 0.1) is 0 Å². The Morgan fingerprint density at radius 2 is 2.00 bits per heavy atom. The molecule has 0 aliphatic rings. The molecule has 5 heteroatoms. The first kappa shape index (κ1) is 10.4. The van der Waals surface area contributed by atoms with Crippen molar-refractivity contribution < 1.29 is 14.3 Å². The third-order valence-corrected chi connectivity index (χ3v) is 2.19. The molecule has 1 aromatic heterocycles. The number of nitrogens with zero attached hydrogens (tertiary/aromatic N) is 2. The predicted molar refractivity (Wildman–Crippen MR) is 55.6 cm³/mol.